The highest BCUT2D eigenvalue weighted by Gasteiger charge is 1.94. The Hall–Kier alpha value is -1.91. The normalized spacial score (nSPS) is 9.85. The van der Waals surface area contributed by atoms with Gasteiger partial charge in [-0.05, 0) is 0 Å². The van der Waals surface area contributed by atoms with Crippen molar-refractivity contribution in [2.45, 2.75) is 6.61 Å². The highest BCUT2D eigenvalue weighted by molar-refractivity contribution is 4.92. The first kappa shape index (κ1) is 7.72. The molecule has 0 unspecified atom stereocenters. The minimum absolute atomic E-state index is 0.393. The maximum absolute atomic E-state index is 5.28. The summed E-state index contributed by atoms with van der Waals surface area (Å²) in [5.74, 6) is 0. The molecule has 0 spiro atoms. The first-order valence-electron chi connectivity index (χ1n) is 3.81. The maximum atomic E-state index is 5.28. The number of hydrogen-bond acceptors (Lipinski definition) is 4. The molecule has 0 aliphatic rings. The Morgan fingerprint density at radius 2 is 2.23 bits per heavy atom. The summed E-state index contributed by atoms with van der Waals surface area (Å²) in [4.78, 5) is 17.1. The molecule has 0 aliphatic carbocycles. The summed E-state index contributed by atoms with van der Waals surface area (Å²) < 4.78 is 1.52. The van der Waals surface area contributed by atoms with Crippen LogP contribution in [-0.4, -0.2) is 19.7 Å². The van der Waals surface area contributed by atoms with E-state index in [0.29, 0.717) is 6.61 Å². The lowest BCUT2D eigenvalue weighted by Gasteiger charge is -2.03. The van der Waals surface area contributed by atoms with Gasteiger partial charge in [0.05, 0.1) is 18.1 Å². The summed E-state index contributed by atoms with van der Waals surface area (Å²) in [5.41, 5.74) is 0.788. The van der Waals surface area contributed by atoms with Crippen LogP contribution in [0.25, 0.3) is 0 Å². The minimum atomic E-state index is 0.393. The van der Waals surface area contributed by atoms with Gasteiger partial charge in [0.2, 0.25) is 0 Å². The van der Waals surface area contributed by atoms with E-state index in [1.54, 1.807) is 37.3 Å². The molecule has 0 fully saturated rings. The van der Waals surface area contributed by atoms with Crippen LogP contribution in [0.3, 0.4) is 0 Å². The molecule has 2 aromatic heterocycles. The van der Waals surface area contributed by atoms with Gasteiger partial charge in [0.15, 0.2) is 6.61 Å². The standard InChI is InChI=1S/C8H8N4O/c1-2-11-8(5-9-1)6-13-12-4-3-10-7-12/h1-5,7H,6H2. The molecule has 2 heterocycles. The molecule has 13 heavy (non-hydrogen) atoms. The monoisotopic (exact) mass is 176 g/mol. The Morgan fingerprint density at radius 1 is 1.23 bits per heavy atom. The van der Waals surface area contributed by atoms with Crippen LogP contribution in [0.4, 0.5) is 0 Å². The summed E-state index contributed by atoms with van der Waals surface area (Å²) in [6.45, 7) is 0.393. The van der Waals surface area contributed by atoms with E-state index < -0.39 is 0 Å². The second-order valence-corrected chi connectivity index (χ2v) is 2.39. The third-order valence-electron chi connectivity index (χ3n) is 1.46. The summed E-state index contributed by atoms with van der Waals surface area (Å²) in [5, 5.41) is 0. The average molecular weight is 176 g/mol. The highest BCUT2D eigenvalue weighted by atomic mass is 16.7. The SMILES string of the molecule is c1cnc(COn2ccnc2)cn1. The molecule has 0 saturated carbocycles. The van der Waals surface area contributed by atoms with E-state index in [0.717, 1.165) is 5.69 Å². The van der Waals surface area contributed by atoms with Gasteiger partial charge in [-0.1, -0.05) is 0 Å². The Balaban J connectivity index is 1.94. The topological polar surface area (TPSA) is 52.8 Å². The third kappa shape index (κ3) is 2.02. The smallest absolute Gasteiger partial charge is 0.158 e. The molecule has 5 nitrogen and oxygen atoms in total. The predicted octanol–water partition coefficient (Wildman–Crippen LogP) is 0.302. The van der Waals surface area contributed by atoms with Crippen LogP contribution < -0.4 is 4.84 Å². The first-order valence-corrected chi connectivity index (χ1v) is 3.81. The van der Waals surface area contributed by atoms with Crippen molar-refractivity contribution >= 4 is 0 Å². The molecule has 0 aliphatic heterocycles. The Kier molecular flexibility index (Phi) is 2.18. The zero-order valence-electron chi connectivity index (χ0n) is 6.87. The summed E-state index contributed by atoms with van der Waals surface area (Å²) >= 11 is 0. The first-order chi connectivity index (χ1) is 6.45. The van der Waals surface area contributed by atoms with Crippen molar-refractivity contribution in [1.29, 1.82) is 0 Å². The van der Waals surface area contributed by atoms with Gasteiger partial charge in [-0.3, -0.25) is 9.97 Å². The minimum Gasteiger partial charge on any atom is -0.406 e. The summed E-state index contributed by atoms with van der Waals surface area (Å²) in [6, 6.07) is 0. The van der Waals surface area contributed by atoms with Crippen LogP contribution in [0.15, 0.2) is 37.3 Å². The zero-order chi connectivity index (χ0) is 8.93. The molecule has 0 aromatic carbocycles. The van der Waals surface area contributed by atoms with E-state index in [2.05, 4.69) is 15.0 Å². The number of imidazole rings is 1. The highest BCUT2D eigenvalue weighted by Crippen LogP contribution is 1.91. The number of nitrogens with zero attached hydrogens (tertiary/aromatic N) is 4. The van der Waals surface area contributed by atoms with Crippen molar-refractivity contribution in [2.75, 3.05) is 0 Å². The fourth-order valence-electron chi connectivity index (χ4n) is 0.868. The van der Waals surface area contributed by atoms with Crippen LogP contribution in [0, 0.1) is 0 Å². The largest absolute Gasteiger partial charge is 0.406 e. The van der Waals surface area contributed by atoms with Crippen molar-refractivity contribution in [1.82, 2.24) is 19.7 Å². The van der Waals surface area contributed by atoms with E-state index in [1.165, 1.54) is 4.73 Å². The lowest BCUT2D eigenvalue weighted by Crippen LogP contribution is -2.09. The fourth-order valence-corrected chi connectivity index (χ4v) is 0.868. The number of aromatic nitrogens is 4. The Labute approximate surface area is 75.0 Å². The van der Waals surface area contributed by atoms with Crippen LogP contribution in [0.2, 0.25) is 0 Å². The van der Waals surface area contributed by atoms with Gasteiger partial charge in [0, 0.05) is 18.6 Å². The Morgan fingerprint density at radius 3 is 2.92 bits per heavy atom. The van der Waals surface area contributed by atoms with Gasteiger partial charge in [-0.25, -0.2) is 4.98 Å². The van der Waals surface area contributed by atoms with Crippen molar-refractivity contribution in [2.24, 2.45) is 0 Å². The molecular weight excluding hydrogens is 168 g/mol. The second-order valence-electron chi connectivity index (χ2n) is 2.39. The van der Waals surface area contributed by atoms with Crippen molar-refractivity contribution < 1.29 is 4.84 Å². The molecule has 0 radical (unpaired) electrons. The van der Waals surface area contributed by atoms with Crippen LogP contribution in [0.5, 0.6) is 0 Å². The van der Waals surface area contributed by atoms with Gasteiger partial charge in [-0.15, -0.1) is 0 Å². The van der Waals surface area contributed by atoms with Crippen molar-refractivity contribution in [3.8, 4) is 0 Å². The van der Waals surface area contributed by atoms with E-state index >= 15 is 0 Å². The molecular formula is C8H8N4O. The van der Waals surface area contributed by atoms with Gasteiger partial charge >= 0.3 is 0 Å². The molecule has 66 valence electrons. The molecule has 2 rings (SSSR count). The molecule has 0 atom stereocenters. The fraction of sp³-hybridized carbons (Fsp3) is 0.125. The molecule has 0 saturated heterocycles. The second kappa shape index (κ2) is 3.66. The van der Waals surface area contributed by atoms with Crippen molar-refractivity contribution in [3.63, 3.8) is 0 Å². The third-order valence-corrected chi connectivity index (χ3v) is 1.46. The number of rotatable bonds is 3. The Bertz CT molecular complexity index is 346. The molecule has 5 heteroatoms. The van der Waals surface area contributed by atoms with Gasteiger partial charge in [-0.2, -0.15) is 4.73 Å². The zero-order valence-corrected chi connectivity index (χ0v) is 6.87. The summed E-state index contributed by atoms with van der Waals surface area (Å²) in [7, 11) is 0. The lowest BCUT2D eigenvalue weighted by molar-refractivity contribution is 0.0944. The average Bonchev–Trinajstić information content (AvgIpc) is 2.69. The lowest BCUT2D eigenvalue weighted by atomic mass is 10.5. The maximum Gasteiger partial charge on any atom is 0.158 e. The van der Waals surface area contributed by atoms with Gasteiger partial charge < -0.3 is 4.84 Å². The number of hydrogen-bond donors (Lipinski definition) is 0. The van der Waals surface area contributed by atoms with E-state index in [9.17, 15) is 0 Å². The molecule has 2 aromatic rings. The molecule has 0 N–H and O–H groups in total. The molecule has 0 amide bonds. The van der Waals surface area contributed by atoms with E-state index in [4.69, 9.17) is 4.84 Å². The van der Waals surface area contributed by atoms with Crippen LogP contribution >= 0.6 is 0 Å². The molecule has 0 bridgehead atoms. The van der Waals surface area contributed by atoms with Gasteiger partial charge in [0.1, 0.15) is 6.33 Å². The summed E-state index contributed by atoms with van der Waals surface area (Å²) in [6.07, 6.45) is 9.87. The van der Waals surface area contributed by atoms with E-state index in [1.807, 2.05) is 0 Å². The van der Waals surface area contributed by atoms with Gasteiger partial charge in [0.25, 0.3) is 0 Å². The van der Waals surface area contributed by atoms with Crippen molar-refractivity contribution in [3.05, 3.63) is 43.0 Å². The predicted molar refractivity (Wildman–Crippen MR) is 44.5 cm³/mol. The van der Waals surface area contributed by atoms with Crippen LogP contribution in [0.1, 0.15) is 5.69 Å². The quantitative estimate of drug-likeness (QED) is 0.675. The van der Waals surface area contributed by atoms with E-state index in [-0.39, 0.29) is 0 Å². The van der Waals surface area contributed by atoms with Crippen LogP contribution in [-0.2, 0) is 6.61 Å².